The molecule has 8 heteroatoms. The zero-order valence-electron chi connectivity index (χ0n) is 15.7. The standard InChI is InChI=1S/C19H26FN5O2/c1-18(26)4-2-6-24(12-18)16-8-15(10-21)22-17(23-16)27-13-19-5-3-7-25(19)11-14(20)9-19/h8,14,26H,2-7,9,11-13H2,1H3/t14-,18?,19+/m1/s1. The Morgan fingerprint density at radius 1 is 1.37 bits per heavy atom. The molecule has 3 atom stereocenters. The van der Waals surface area contributed by atoms with Gasteiger partial charge in [0.2, 0.25) is 0 Å². The number of aromatic nitrogens is 2. The number of piperidine rings is 1. The predicted molar refractivity (Wildman–Crippen MR) is 97.4 cm³/mol. The Hall–Kier alpha value is -1.98. The SMILES string of the molecule is CC1(O)CCCN(c2cc(C#N)nc(OC[C@@]34CCCN3C[C@H](F)C4)n2)C1. The van der Waals surface area contributed by atoms with E-state index in [1.165, 1.54) is 0 Å². The van der Waals surface area contributed by atoms with Crippen LogP contribution >= 0.6 is 0 Å². The molecule has 3 aliphatic heterocycles. The Morgan fingerprint density at radius 3 is 2.96 bits per heavy atom. The number of rotatable bonds is 4. The molecule has 1 aromatic heterocycles. The van der Waals surface area contributed by atoms with Crippen molar-refractivity contribution < 1.29 is 14.2 Å². The Morgan fingerprint density at radius 2 is 2.19 bits per heavy atom. The van der Waals surface area contributed by atoms with Crippen LogP contribution in [-0.2, 0) is 0 Å². The first-order chi connectivity index (χ1) is 12.9. The molecule has 146 valence electrons. The minimum absolute atomic E-state index is 0.151. The smallest absolute Gasteiger partial charge is 0.319 e. The number of ether oxygens (including phenoxy) is 1. The third kappa shape index (κ3) is 3.71. The lowest BCUT2D eigenvalue weighted by Crippen LogP contribution is -2.46. The highest BCUT2D eigenvalue weighted by molar-refractivity contribution is 5.44. The van der Waals surface area contributed by atoms with Crippen molar-refractivity contribution in [3.05, 3.63) is 11.8 Å². The minimum atomic E-state index is -0.814. The van der Waals surface area contributed by atoms with Gasteiger partial charge in [0.15, 0.2) is 0 Å². The van der Waals surface area contributed by atoms with Crippen LogP contribution in [-0.4, -0.2) is 70.1 Å². The van der Waals surface area contributed by atoms with Gasteiger partial charge in [-0.1, -0.05) is 0 Å². The first kappa shape index (κ1) is 18.4. The van der Waals surface area contributed by atoms with Crippen molar-refractivity contribution in [2.45, 2.75) is 56.3 Å². The first-order valence-corrected chi connectivity index (χ1v) is 9.68. The second kappa shape index (κ2) is 6.88. The second-order valence-corrected chi connectivity index (χ2v) is 8.39. The number of anilines is 1. The molecule has 27 heavy (non-hydrogen) atoms. The summed E-state index contributed by atoms with van der Waals surface area (Å²) in [5.41, 5.74) is -0.823. The van der Waals surface area contributed by atoms with Gasteiger partial charge < -0.3 is 14.7 Å². The van der Waals surface area contributed by atoms with Crippen LogP contribution in [0.1, 0.15) is 44.7 Å². The van der Waals surface area contributed by atoms with Crippen molar-refractivity contribution in [3.8, 4) is 12.1 Å². The summed E-state index contributed by atoms with van der Waals surface area (Å²) in [6.45, 7) is 4.73. The Bertz CT molecular complexity index is 752. The average Bonchev–Trinajstić information content (AvgIpc) is 3.14. The fourth-order valence-electron chi connectivity index (χ4n) is 4.76. The number of halogens is 1. The number of nitrogens with zero attached hydrogens (tertiary/aromatic N) is 5. The van der Waals surface area contributed by atoms with Crippen LogP contribution in [0.3, 0.4) is 0 Å². The molecule has 0 amide bonds. The van der Waals surface area contributed by atoms with E-state index in [4.69, 9.17) is 4.74 Å². The van der Waals surface area contributed by atoms with Crippen LogP contribution in [0.25, 0.3) is 0 Å². The maximum absolute atomic E-state index is 13.9. The van der Waals surface area contributed by atoms with E-state index in [-0.39, 0.29) is 17.2 Å². The predicted octanol–water partition coefficient (Wildman–Crippen LogP) is 1.65. The van der Waals surface area contributed by atoms with E-state index < -0.39 is 11.8 Å². The Labute approximate surface area is 158 Å². The summed E-state index contributed by atoms with van der Waals surface area (Å²) in [4.78, 5) is 12.8. The lowest BCUT2D eigenvalue weighted by atomic mass is 9.95. The quantitative estimate of drug-likeness (QED) is 0.856. The van der Waals surface area contributed by atoms with Gasteiger partial charge in [0.05, 0.1) is 11.1 Å². The summed E-state index contributed by atoms with van der Waals surface area (Å²) in [7, 11) is 0. The number of hydrogen-bond acceptors (Lipinski definition) is 7. The van der Waals surface area contributed by atoms with Crippen LogP contribution in [0.15, 0.2) is 6.07 Å². The second-order valence-electron chi connectivity index (χ2n) is 8.39. The molecule has 0 aliphatic carbocycles. The van der Waals surface area contributed by atoms with E-state index in [0.29, 0.717) is 31.9 Å². The van der Waals surface area contributed by atoms with Crippen LogP contribution < -0.4 is 9.64 Å². The Balaban J connectivity index is 1.52. The molecule has 3 saturated heterocycles. The molecule has 0 saturated carbocycles. The van der Waals surface area contributed by atoms with Gasteiger partial charge in [0, 0.05) is 32.1 Å². The summed E-state index contributed by atoms with van der Waals surface area (Å²) in [5, 5.41) is 19.7. The molecule has 1 unspecified atom stereocenters. The van der Waals surface area contributed by atoms with Crippen molar-refractivity contribution in [2.75, 3.05) is 37.7 Å². The number of hydrogen-bond donors (Lipinski definition) is 1. The third-order valence-electron chi connectivity index (χ3n) is 6.04. The summed E-state index contributed by atoms with van der Waals surface area (Å²) < 4.78 is 19.8. The van der Waals surface area contributed by atoms with E-state index in [0.717, 1.165) is 38.8 Å². The first-order valence-electron chi connectivity index (χ1n) is 9.68. The fraction of sp³-hybridized carbons (Fsp3) is 0.737. The summed E-state index contributed by atoms with van der Waals surface area (Å²) in [5.74, 6) is 0.590. The van der Waals surface area contributed by atoms with E-state index >= 15 is 0 Å². The van der Waals surface area contributed by atoms with Crippen molar-refractivity contribution in [3.63, 3.8) is 0 Å². The molecule has 0 spiro atoms. The minimum Gasteiger partial charge on any atom is -0.461 e. The van der Waals surface area contributed by atoms with Crippen molar-refractivity contribution >= 4 is 5.82 Å². The van der Waals surface area contributed by atoms with Crippen LogP contribution in [0, 0.1) is 11.3 Å². The molecule has 7 nitrogen and oxygen atoms in total. The lowest BCUT2D eigenvalue weighted by Gasteiger charge is -2.37. The fourth-order valence-corrected chi connectivity index (χ4v) is 4.76. The number of fused-ring (bicyclic) bond motifs is 1. The highest BCUT2D eigenvalue weighted by Crippen LogP contribution is 2.40. The largest absolute Gasteiger partial charge is 0.461 e. The van der Waals surface area contributed by atoms with Gasteiger partial charge in [-0.3, -0.25) is 4.90 Å². The molecule has 0 aromatic carbocycles. The van der Waals surface area contributed by atoms with E-state index in [2.05, 4.69) is 20.9 Å². The molecule has 0 bridgehead atoms. The molecular formula is C19H26FN5O2. The molecule has 0 radical (unpaired) electrons. The summed E-state index contributed by atoms with van der Waals surface area (Å²) in [6, 6.07) is 3.83. The van der Waals surface area contributed by atoms with Crippen LogP contribution in [0.4, 0.5) is 10.2 Å². The van der Waals surface area contributed by atoms with Crippen LogP contribution in [0.5, 0.6) is 6.01 Å². The average molecular weight is 375 g/mol. The maximum atomic E-state index is 13.9. The van der Waals surface area contributed by atoms with Crippen molar-refractivity contribution in [1.29, 1.82) is 5.26 Å². The lowest BCUT2D eigenvalue weighted by molar-refractivity contribution is 0.0446. The number of β-amino-alcohol motifs (C(OH)–C–C–N with tert-alkyl or cyclic N) is 1. The van der Waals surface area contributed by atoms with Crippen LogP contribution in [0.2, 0.25) is 0 Å². The topological polar surface area (TPSA) is 85.5 Å². The highest BCUT2D eigenvalue weighted by atomic mass is 19.1. The van der Waals surface area contributed by atoms with E-state index in [1.807, 2.05) is 11.8 Å². The van der Waals surface area contributed by atoms with Gasteiger partial charge >= 0.3 is 6.01 Å². The summed E-state index contributed by atoms with van der Waals surface area (Å²) >= 11 is 0. The van der Waals surface area contributed by atoms with Gasteiger partial charge in [-0.05, 0) is 39.2 Å². The van der Waals surface area contributed by atoms with Gasteiger partial charge in [0.25, 0.3) is 0 Å². The zero-order chi connectivity index (χ0) is 19.1. The molecule has 1 aromatic rings. The van der Waals surface area contributed by atoms with Gasteiger partial charge in [-0.25, -0.2) is 4.39 Å². The number of alkyl halides is 1. The van der Waals surface area contributed by atoms with Gasteiger partial charge in [-0.15, -0.1) is 0 Å². The molecule has 1 N–H and O–H groups in total. The Kier molecular flexibility index (Phi) is 4.68. The van der Waals surface area contributed by atoms with Crippen molar-refractivity contribution in [2.24, 2.45) is 0 Å². The number of aliphatic hydroxyl groups is 1. The van der Waals surface area contributed by atoms with Gasteiger partial charge in [-0.2, -0.15) is 15.2 Å². The zero-order valence-corrected chi connectivity index (χ0v) is 15.7. The van der Waals surface area contributed by atoms with E-state index in [9.17, 15) is 14.8 Å². The molecule has 3 aliphatic rings. The maximum Gasteiger partial charge on any atom is 0.319 e. The molecule has 4 rings (SSSR count). The monoisotopic (exact) mass is 375 g/mol. The number of nitriles is 1. The van der Waals surface area contributed by atoms with Crippen molar-refractivity contribution in [1.82, 2.24) is 14.9 Å². The normalized spacial score (nSPS) is 33.7. The summed E-state index contributed by atoms with van der Waals surface area (Å²) in [6.07, 6.45) is 3.21. The third-order valence-corrected chi connectivity index (χ3v) is 6.04. The molecule has 4 heterocycles. The van der Waals surface area contributed by atoms with E-state index in [1.54, 1.807) is 6.07 Å². The molecule has 3 fully saturated rings. The van der Waals surface area contributed by atoms with Gasteiger partial charge in [0.1, 0.15) is 30.4 Å². The molecular weight excluding hydrogens is 349 g/mol. The highest BCUT2D eigenvalue weighted by Gasteiger charge is 2.49.